The van der Waals surface area contributed by atoms with E-state index in [2.05, 4.69) is 5.32 Å². The number of carboxylic acids is 1. The minimum atomic E-state index is -1.19. The average molecular weight is 281 g/mol. The van der Waals surface area contributed by atoms with E-state index in [0.29, 0.717) is 18.5 Å². The molecule has 1 fully saturated rings. The topological polar surface area (TPSA) is 58.6 Å². The molecule has 0 amide bonds. The van der Waals surface area contributed by atoms with Gasteiger partial charge in [-0.1, -0.05) is 12.8 Å². The van der Waals surface area contributed by atoms with Gasteiger partial charge in [0.1, 0.15) is 5.82 Å². The zero-order chi connectivity index (χ0) is 14.8. The monoisotopic (exact) mass is 281 g/mol. The van der Waals surface area contributed by atoms with Crippen molar-refractivity contribution in [3.8, 4) is 0 Å². The lowest BCUT2D eigenvalue weighted by Gasteiger charge is -2.41. The third-order valence-corrected chi connectivity index (χ3v) is 3.91. The first-order valence-electron chi connectivity index (χ1n) is 6.79. The van der Waals surface area contributed by atoms with Crippen LogP contribution in [0.2, 0.25) is 0 Å². The maximum Gasteiger partial charge on any atom is 0.332 e. The number of methoxy groups -OCH3 is 1. The van der Waals surface area contributed by atoms with E-state index in [1.807, 2.05) is 0 Å². The molecule has 0 aliphatic heterocycles. The Bertz CT molecular complexity index is 486. The smallest absolute Gasteiger partial charge is 0.332 e. The number of nitrogens with one attached hydrogen (secondary N) is 1. The van der Waals surface area contributed by atoms with Gasteiger partial charge in [-0.25, -0.2) is 9.18 Å². The van der Waals surface area contributed by atoms with Crippen molar-refractivity contribution in [3.63, 3.8) is 0 Å². The van der Waals surface area contributed by atoms with E-state index in [0.717, 1.165) is 18.4 Å². The molecular formula is C15H20FNO3. The van der Waals surface area contributed by atoms with Crippen LogP contribution in [0.5, 0.6) is 0 Å². The molecule has 1 aromatic rings. The second-order valence-electron chi connectivity index (χ2n) is 5.39. The molecule has 2 N–H and O–H groups in total. The van der Waals surface area contributed by atoms with Crippen molar-refractivity contribution in [3.05, 3.63) is 29.6 Å². The van der Waals surface area contributed by atoms with Crippen LogP contribution < -0.4 is 5.32 Å². The van der Waals surface area contributed by atoms with Gasteiger partial charge in [-0.05, 0) is 43.5 Å². The van der Waals surface area contributed by atoms with Crippen molar-refractivity contribution in [1.29, 1.82) is 0 Å². The van der Waals surface area contributed by atoms with Gasteiger partial charge in [0.05, 0.1) is 6.10 Å². The van der Waals surface area contributed by atoms with Gasteiger partial charge in [-0.3, -0.25) is 0 Å². The number of hydrogen-bond acceptors (Lipinski definition) is 3. The highest BCUT2D eigenvalue weighted by molar-refractivity contribution is 5.84. The molecule has 0 spiro atoms. The number of carbonyl (C=O) groups is 1. The van der Waals surface area contributed by atoms with E-state index >= 15 is 0 Å². The van der Waals surface area contributed by atoms with Crippen LogP contribution in [-0.2, 0) is 9.53 Å². The number of ether oxygens (including phenoxy) is 1. The maximum atomic E-state index is 13.5. The molecular weight excluding hydrogens is 261 g/mol. The third-order valence-electron chi connectivity index (χ3n) is 3.91. The predicted octanol–water partition coefficient (Wildman–Crippen LogP) is 2.96. The predicted molar refractivity (Wildman–Crippen MR) is 74.4 cm³/mol. The molecule has 5 heteroatoms. The highest BCUT2D eigenvalue weighted by Gasteiger charge is 2.48. The zero-order valence-corrected chi connectivity index (χ0v) is 11.8. The van der Waals surface area contributed by atoms with E-state index in [1.54, 1.807) is 13.0 Å². The fourth-order valence-corrected chi connectivity index (χ4v) is 2.97. The second-order valence-corrected chi connectivity index (χ2v) is 5.39. The summed E-state index contributed by atoms with van der Waals surface area (Å²) in [6, 6.07) is 4.47. The number of carboxylic acid groups (broad SMARTS) is 1. The molecule has 0 radical (unpaired) electrons. The molecule has 1 aliphatic carbocycles. The summed E-state index contributed by atoms with van der Waals surface area (Å²) in [6.07, 6.45) is 2.49. The van der Waals surface area contributed by atoms with Crippen molar-refractivity contribution in [2.24, 2.45) is 0 Å². The standard InChI is InChI=1S/C15H20FNO3/c1-10-7-11(16)9-12(8-10)17-15(14(18)19)6-4-3-5-13(15)20-2/h7-9,13,17H,3-6H2,1-2H3,(H,18,19). The van der Waals surface area contributed by atoms with E-state index in [4.69, 9.17) is 4.74 Å². The average Bonchev–Trinajstić information content (AvgIpc) is 2.37. The SMILES string of the molecule is COC1CCCCC1(Nc1cc(C)cc(F)c1)C(=O)O. The van der Waals surface area contributed by atoms with Crippen LogP contribution in [0.15, 0.2) is 18.2 Å². The van der Waals surface area contributed by atoms with Gasteiger partial charge in [0, 0.05) is 12.8 Å². The van der Waals surface area contributed by atoms with Gasteiger partial charge < -0.3 is 15.2 Å². The van der Waals surface area contributed by atoms with Gasteiger partial charge in [0.25, 0.3) is 0 Å². The quantitative estimate of drug-likeness (QED) is 0.891. The van der Waals surface area contributed by atoms with Gasteiger partial charge in [0.2, 0.25) is 0 Å². The number of rotatable bonds is 4. The van der Waals surface area contributed by atoms with Crippen LogP contribution in [0.1, 0.15) is 31.2 Å². The van der Waals surface area contributed by atoms with Crippen LogP contribution >= 0.6 is 0 Å². The number of hydrogen-bond donors (Lipinski definition) is 2. The molecule has 0 heterocycles. The van der Waals surface area contributed by atoms with Gasteiger partial charge >= 0.3 is 5.97 Å². The van der Waals surface area contributed by atoms with Crippen molar-refractivity contribution in [2.75, 3.05) is 12.4 Å². The van der Waals surface area contributed by atoms with E-state index in [1.165, 1.54) is 19.2 Å². The minimum absolute atomic E-state index is 0.377. The molecule has 0 saturated heterocycles. The number of aliphatic carboxylic acids is 1. The Morgan fingerprint density at radius 2 is 2.20 bits per heavy atom. The minimum Gasteiger partial charge on any atom is -0.479 e. The summed E-state index contributed by atoms with van der Waals surface area (Å²) < 4.78 is 18.8. The van der Waals surface area contributed by atoms with Gasteiger partial charge in [0.15, 0.2) is 5.54 Å². The number of aryl methyl sites for hydroxylation is 1. The summed E-state index contributed by atoms with van der Waals surface area (Å²) in [7, 11) is 1.52. The normalized spacial score (nSPS) is 26.2. The van der Waals surface area contributed by atoms with E-state index in [9.17, 15) is 14.3 Å². The molecule has 0 aromatic heterocycles. The lowest BCUT2D eigenvalue weighted by molar-refractivity contribution is -0.149. The Balaban J connectivity index is 2.35. The van der Waals surface area contributed by atoms with Crippen molar-refractivity contribution >= 4 is 11.7 Å². The summed E-state index contributed by atoms with van der Waals surface area (Å²) in [6.45, 7) is 1.77. The first-order chi connectivity index (χ1) is 9.48. The highest BCUT2D eigenvalue weighted by Crippen LogP contribution is 2.34. The largest absolute Gasteiger partial charge is 0.479 e. The van der Waals surface area contributed by atoms with E-state index in [-0.39, 0.29) is 5.82 Å². The fraction of sp³-hybridized carbons (Fsp3) is 0.533. The van der Waals surface area contributed by atoms with Crippen LogP contribution in [0.25, 0.3) is 0 Å². The fourth-order valence-electron chi connectivity index (χ4n) is 2.97. The van der Waals surface area contributed by atoms with Crippen molar-refractivity contribution < 1.29 is 19.0 Å². The van der Waals surface area contributed by atoms with Crippen molar-refractivity contribution in [2.45, 2.75) is 44.2 Å². The van der Waals surface area contributed by atoms with Gasteiger partial charge in [-0.2, -0.15) is 0 Å². The molecule has 4 nitrogen and oxygen atoms in total. The summed E-state index contributed by atoms with van der Waals surface area (Å²) in [5.74, 6) is -1.33. The Hall–Kier alpha value is -1.62. The summed E-state index contributed by atoms with van der Waals surface area (Å²) in [4.78, 5) is 11.8. The first kappa shape index (κ1) is 14.8. The third kappa shape index (κ3) is 2.77. The van der Waals surface area contributed by atoms with E-state index < -0.39 is 17.6 Å². The van der Waals surface area contributed by atoms with Crippen LogP contribution in [0, 0.1) is 12.7 Å². The van der Waals surface area contributed by atoms with Gasteiger partial charge in [-0.15, -0.1) is 0 Å². The van der Waals surface area contributed by atoms with Crippen molar-refractivity contribution in [1.82, 2.24) is 0 Å². The molecule has 2 atom stereocenters. The summed E-state index contributed by atoms with van der Waals surface area (Å²) in [5.41, 5.74) is 0.0411. The first-order valence-corrected chi connectivity index (χ1v) is 6.79. The molecule has 1 aliphatic rings. The highest BCUT2D eigenvalue weighted by atomic mass is 19.1. The molecule has 20 heavy (non-hydrogen) atoms. The lowest BCUT2D eigenvalue weighted by atomic mass is 9.78. The Kier molecular flexibility index (Phi) is 4.28. The van der Waals surface area contributed by atoms with Crippen LogP contribution in [0.4, 0.5) is 10.1 Å². The lowest BCUT2D eigenvalue weighted by Crippen LogP contribution is -2.58. The molecule has 2 rings (SSSR count). The Morgan fingerprint density at radius 1 is 1.45 bits per heavy atom. The molecule has 2 unspecified atom stereocenters. The molecule has 1 saturated carbocycles. The van der Waals surface area contributed by atoms with Crippen LogP contribution in [0.3, 0.4) is 0 Å². The molecule has 0 bridgehead atoms. The maximum absolute atomic E-state index is 13.5. The Labute approximate surface area is 117 Å². The summed E-state index contributed by atoms with van der Waals surface area (Å²) in [5, 5.41) is 12.7. The Morgan fingerprint density at radius 3 is 2.80 bits per heavy atom. The van der Waals surface area contributed by atoms with Crippen LogP contribution in [-0.4, -0.2) is 29.8 Å². The number of benzene rings is 1. The molecule has 1 aromatic carbocycles. The zero-order valence-electron chi connectivity index (χ0n) is 11.8. The number of halogens is 1. The summed E-state index contributed by atoms with van der Waals surface area (Å²) >= 11 is 0. The second kappa shape index (κ2) is 5.79. The molecule has 110 valence electrons. The number of anilines is 1.